The van der Waals surface area contributed by atoms with Crippen LogP contribution in [-0.2, 0) is 7.05 Å². The van der Waals surface area contributed by atoms with E-state index in [1.807, 2.05) is 0 Å². The zero-order valence-corrected chi connectivity index (χ0v) is 20.4. The molecule has 4 aromatic rings. The summed E-state index contributed by atoms with van der Waals surface area (Å²) in [6.07, 6.45) is 3.27. The van der Waals surface area contributed by atoms with Crippen LogP contribution in [0.4, 0.5) is 15.8 Å². The summed E-state index contributed by atoms with van der Waals surface area (Å²) in [6.45, 7) is 0. The maximum atomic E-state index is 14.0. The van der Waals surface area contributed by atoms with E-state index in [-0.39, 0.29) is 22.4 Å². The largest absolute Gasteiger partial charge is 0.372 e. The van der Waals surface area contributed by atoms with Gasteiger partial charge in [-0.1, -0.05) is 30.3 Å². The Morgan fingerprint density at radius 3 is 2.41 bits per heavy atom. The van der Waals surface area contributed by atoms with Gasteiger partial charge in [0.15, 0.2) is 5.78 Å². The molecule has 4 rings (SSSR count). The lowest BCUT2D eigenvalue weighted by atomic mass is 9.96. The minimum Gasteiger partial charge on any atom is -0.372 e. The molecule has 0 radical (unpaired) electrons. The number of imidazole rings is 1. The number of aryl methyl sites for hydroxylation is 1. The van der Waals surface area contributed by atoms with E-state index in [0.29, 0.717) is 17.1 Å². The zero-order chi connectivity index (χ0) is 26.7. The fourth-order valence-electron chi connectivity index (χ4n) is 4.07. The number of anilines is 1. The Morgan fingerprint density at radius 1 is 1.05 bits per heavy atom. The fraction of sp³-hybridized carbons (Fsp3) is 0.148. The summed E-state index contributed by atoms with van der Waals surface area (Å²) in [5, 5.41) is 14.5. The van der Waals surface area contributed by atoms with Gasteiger partial charge in [-0.3, -0.25) is 19.7 Å². The maximum absolute atomic E-state index is 14.0. The van der Waals surface area contributed by atoms with E-state index in [4.69, 9.17) is 0 Å². The summed E-state index contributed by atoms with van der Waals surface area (Å²) in [5.41, 5.74) is 0.816. The molecule has 10 heteroatoms. The molecule has 0 spiro atoms. The van der Waals surface area contributed by atoms with E-state index in [0.717, 1.165) is 0 Å². The Kier molecular flexibility index (Phi) is 7.10. The number of amides is 1. The molecule has 1 aromatic heterocycles. The Labute approximate surface area is 212 Å². The maximum Gasteiger partial charge on any atom is 0.293 e. The van der Waals surface area contributed by atoms with E-state index >= 15 is 0 Å². The van der Waals surface area contributed by atoms with Crippen LogP contribution in [0.1, 0.15) is 43.7 Å². The van der Waals surface area contributed by atoms with Crippen LogP contribution >= 0.6 is 0 Å². The lowest BCUT2D eigenvalue weighted by molar-refractivity contribution is -0.384. The predicted molar refractivity (Wildman–Crippen MR) is 136 cm³/mol. The average molecular weight is 502 g/mol. The summed E-state index contributed by atoms with van der Waals surface area (Å²) < 4.78 is 15.7. The van der Waals surface area contributed by atoms with Gasteiger partial charge in [0.2, 0.25) is 0 Å². The second kappa shape index (κ2) is 10.4. The van der Waals surface area contributed by atoms with Gasteiger partial charge in [0, 0.05) is 50.7 Å². The first-order chi connectivity index (χ1) is 17.7. The van der Waals surface area contributed by atoms with Crippen molar-refractivity contribution in [2.24, 2.45) is 7.05 Å². The number of ketones is 1. The molecule has 3 aromatic carbocycles. The van der Waals surface area contributed by atoms with Crippen molar-refractivity contribution in [1.82, 2.24) is 14.9 Å². The monoisotopic (exact) mass is 501 g/mol. The first kappa shape index (κ1) is 25.2. The third-order valence-electron chi connectivity index (χ3n) is 5.91. The van der Waals surface area contributed by atoms with Gasteiger partial charge in [-0.25, -0.2) is 9.37 Å². The molecule has 1 atom stereocenters. The lowest BCUT2D eigenvalue weighted by Crippen LogP contribution is -2.32. The smallest absolute Gasteiger partial charge is 0.293 e. The number of nitrogens with one attached hydrogen (secondary N) is 1. The molecule has 1 heterocycles. The van der Waals surface area contributed by atoms with Crippen molar-refractivity contribution < 1.29 is 18.9 Å². The molecule has 1 amide bonds. The van der Waals surface area contributed by atoms with E-state index in [1.165, 1.54) is 48.5 Å². The van der Waals surface area contributed by atoms with Crippen LogP contribution in [0.2, 0.25) is 0 Å². The van der Waals surface area contributed by atoms with Crippen molar-refractivity contribution in [2.75, 3.05) is 19.0 Å². The highest BCUT2D eigenvalue weighted by atomic mass is 19.1. The van der Waals surface area contributed by atoms with E-state index in [1.54, 1.807) is 61.2 Å². The number of rotatable bonds is 8. The fourth-order valence-corrected chi connectivity index (χ4v) is 4.07. The van der Waals surface area contributed by atoms with Crippen molar-refractivity contribution in [3.05, 3.63) is 123 Å². The number of benzene rings is 3. The SMILES string of the molecule is CN(C)c1ccc(C(=O)c2ccccc2C(=O)N[C@H](c2cccc(F)c2)c2nccn2C)cc1[N+](=O)[O-]. The van der Waals surface area contributed by atoms with Gasteiger partial charge < -0.3 is 14.8 Å². The van der Waals surface area contributed by atoms with Crippen molar-refractivity contribution in [3.8, 4) is 0 Å². The molecule has 1 N–H and O–H groups in total. The van der Waals surface area contributed by atoms with Gasteiger partial charge in [-0.05, 0) is 35.9 Å². The summed E-state index contributed by atoms with van der Waals surface area (Å²) in [5.74, 6) is -1.12. The Bertz CT molecular complexity index is 1500. The number of nitrogens with zero attached hydrogens (tertiary/aromatic N) is 4. The number of carbonyl (C=O) groups is 2. The summed E-state index contributed by atoms with van der Waals surface area (Å²) in [4.78, 5) is 43.9. The molecule has 0 aliphatic heterocycles. The quantitative estimate of drug-likeness (QED) is 0.219. The second-order valence-electron chi connectivity index (χ2n) is 8.59. The highest BCUT2D eigenvalue weighted by Crippen LogP contribution is 2.29. The lowest BCUT2D eigenvalue weighted by Gasteiger charge is -2.20. The van der Waals surface area contributed by atoms with Crippen molar-refractivity contribution in [2.45, 2.75) is 6.04 Å². The Morgan fingerprint density at radius 2 is 1.78 bits per heavy atom. The highest BCUT2D eigenvalue weighted by Gasteiger charge is 2.26. The van der Waals surface area contributed by atoms with Gasteiger partial charge in [-0.15, -0.1) is 0 Å². The minimum absolute atomic E-state index is 0.0717. The first-order valence-electron chi connectivity index (χ1n) is 11.3. The van der Waals surface area contributed by atoms with Crippen molar-refractivity contribution in [3.63, 3.8) is 0 Å². The van der Waals surface area contributed by atoms with E-state index in [9.17, 15) is 24.1 Å². The van der Waals surface area contributed by atoms with Crippen LogP contribution in [0.25, 0.3) is 0 Å². The van der Waals surface area contributed by atoms with Crippen molar-refractivity contribution >= 4 is 23.1 Å². The van der Waals surface area contributed by atoms with Gasteiger partial charge in [0.25, 0.3) is 11.6 Å². The number of aromatic nitrogens is 2. The first-order valence-corrected chi connectivity index (χ1v) is 11.3. The molecule has 188 valence electrons. The Hall–Kier alpha value is -4.86. The molecule has 37 heavy (non-hydrogen) atoms. The highest BCUT2D eigenvalue weighted by molar-refractivity contribution is 6.15. The molecular formula is C27H24FN5O4. The molecule has 0 aliphatic carbocycles. The molecule has 0 aliphatic rings. The van der Waals surface area contributed by atoms with Gasteiger partial charge in [0.05, 0.1) is 10.5 Å². The molecule has 0 saturated heterocycles. The normalized spacial score (nSPS) is 11.6. The summed E-state index contributed by atoms with van der Waals surface area (Å²) in [7, 11) is 5.09. The third-order valence-corrected chi connectivity index (χ3v) is 5.91. The topological polar surface area (TPSA) is 110 Å². The predicted octanol–water partition coefficient (Wildman–Crippen LogP) is 4.28. The number of hydrogen-bond donors (Lipinski definition) is 1. The van der Waals surface area contributed by atoms with Gasteiger partial charge in [-0.2, -0.15) is 0 Å². The second-order valence-corrected chi connectivity index (χ2v) is 8.59. The van der Waals surface area contributed by atoms with Crippen LogP contribution in [-0.4, -0.2) is 40.3 Å². The molecule has 9 nitrogen and oxygen atoms in total. The van der Waals surface area contributed by atoms with Crippen LogP contribution < -0.4 is 10.2 Å². The number of carbonyl (C=O) groups excluding carboxylic acids is 2. The van der Waals surface area contributed by atoms with Crippen LogP contribution in [0, 0.1) is 15.9 Å². The van der Waals surface area contributed by atoms with Gasteiger partial charge >= 0.3 is 0 Å². The van der Waals surface area contributed by atoms with Gasteiger partial charge in [0.1, 0.15) is 23.4 Å². The zero-order valence-electron chi connectivity index (χ0n) is 20.4. The summed E-state index contributed by atoms with van der Waals surface area (Å²) >= 11 is 0. The number of halogens is 1. The molecular weight excluding hydrogens is 477 g/mol. The van der Waals surface area contributed by atoms with Crippen molar-refractivity contribution in [1.29, 1.82) is 0 Å². The number of nitro benzene ring substituents is 1. The van der Waals surface area contributed by atoms with E-state index in [2.05, 4.69) is 10.3 Å². The minimum atomic E-state index is -0.799. The molecule has 0 unspecified atom stereocenters. The standard InChI is InChI=1S/C27H24FN5O4/c1-31(2)22-12-11-18(16-23(22)33(36)37)25(34)20-9-4-5-10-21(20)27(35)30-24(26-29-13-14-32(26)3)17-7-6-8-19(28)15-17/h4-16,24H,1-3H3,(H,30,35)/t24-/m1/s1. The molecule has 0 saturated carbocycles. The Balaban J connectivity index is 1.72. The third kappa shape index (κ3) is 5.22. The molecule has 0 fully saturated rings. The summed E-state index contributed by atoms with van der Waals surface area (Å²) in [6, 6.07) is 15.4. The molecule has 0 bridgehead atoms. The average Bonchev–Trinajstić information content (AvgIpc) is 3.31. The van der Waals surface area contributed by atoms with E-state index < -0.39 is 28.5 Å². The number of hydrogen-bond acceptors (Lipinski definition) is 6. The van der Waals surface area contributed by atoms with Crippen LogP contribution in [0.3, 0.4) is 0 Å². The van der Waals surface area contributed by atoms with Crippen LogP contribution in [0.5, 0.6) is 0 Å². The number of nitro groups is 1. The van der Waals surface area contributed by atoms with Crippen LogP contribution in [0.15, 0.2) is 79.1 Å².